The van der Waals surface area contributed by atoms with E-state index in [0.29, 0.717) is 6.20 Å². The second-order valence-corrected chi connectivity index (χ2v) is 4.09. The molecule has 0 radical (unpaired) electrons. The summed E-state index contributed by atoms with van der Waals surface area (Å²) in [6.45, 7) is 0. The highest BCUT2D eigenvalue weighted by Gasteiger charge is 2.25. The lowest BCUT2D eigenvalue weighted by molar-refractivity contribution is 0.151. The fourth-order valence-corrected chi connectivity index (χ4v) is 1.65. The van der Waals surface area contributed by atoms with Gasteiger partial charge in [-0.05, 0) is 0 Å². The van der Waals surface area contributed by atoms with E-state index in [0.717, 1.165) is 0 Å². The van der Waals surface area contributed by atoms with Crippen LogP contribution in [0.25, 0.3) is 0 Å². The maximum absolute atomic E-state index is 12.9. The summed E-state index contributed by atoms with van der Waals surface area (Å²) < 4.78 is 59.0. The maximum atomic E-state index is 12.9. The van der Waals surface area contributed by atoms with Crippen molar-refractivity contribution in [3.63, 3.8) is 0 Å². The number of anilines is 1. The van der Waals surface area contributed by atoms with E-state index in [9.17, 15) is 21.6 Å². The number of nitrogen functional groups attached to an aromatic ring is 1. The molecule has 0 amide bonds. The Hall–Kier alpha value is -1.35. The van der Waals surface area contributed by atoms with Gasteiger partial charge in [-0.3, -0.25) is 0 Å². The maximum Gasteiger partial charge on any atom is 0.267 e. The first-order valence-electron chi connectivity index (χ1n) is 3.50. The van der Waals surface area contributed by atoms with Crippen LogP contribution in [0.5, 0.6) is 0 Å². The van der Waals surface area contributed by atoms with Gasteiger partial charge in [0, 0.05) is 6.20 Å². The second-order valence-electron chi connectivity index (χ2n) is 2.59. The Kier molecular flexibility index (Phi) is 2.86. The zero-order chi connectivity index (χ0) is 11.8. The monoisotopic (exact) mass is 241 g/mol. The van der Waals surface area contributed by atoms with Crippen molar-refractivity contribution < 1.29 is 21.6 Å². The van der Waals surface area contributed by atoms with Crippen LogP contribution in [0.1, 0.15) is 12.0 Å². The number of halogens is 3. The average Bonchev–Trinajstić information content (AvgIpc) is 2.00. The molecule has 0 saturated carbocycles. The quantitative estimate of drug-likeness (QED) is 0.731. The molecule has 0 saturated heterocycles. The van der Waals surface area contributed by atoms with E-state index in [1.807, 2.05) is 0 Å². The van der Waals surface area contributed by atoms with Gasteiger partial charge in [0.2, 0.25) is 16.0 Å². The third-order valence-corrected chi connectivity index (χ3v) is 2.54. The Morgan fingerprint density at radius 1 is 1.40 bits per heavy atom. The minimum atomic E-state index is -4.52. The number of pyridine rings is 1. The molecule has 1 heterocycles. The van der Waals surface area contributed by atoms with Crippen LogP contribution in [-0.4, -0.2) is 13.4 Å². The van der Waals surface area contributed by atoms with Crippen LogP contribution < -0.4 is 10.9 Å². The number of hydrogen-bond donors (Lipinski definition) is 2. The third-order valence-electron chi connectivity index (χ3n) is 1.58. The van der Waals surface area contributed by atoms with Crippen molar-refractivity contribution in [3.8, 4) is 0 Å². The van der Waals surface area contributed by atoms with Crippen molar-refractivity contribution in [2.75, 3.05) is 5.73 Å². The van der Waals surface area contributed by atoms with Crippen molar-refractivity contribution in [3.05, 3.63) is 17.7 Å². The SMILES string of the molecule is Nc1c(C(F)F)cnc(F)c1S(N)(=O)=O. The molecule has 0 atom stereocenters. The van der Waals surface area contributed by atoms with Gasteiger partial charge in [-0.1, -0.05) is 0 Å². The molecule has 84 valence electrons. The number of aromatic nitrogens is 1. The number of nitrogens with two attached hydrogens (primary N) is 2. The largest absolute Gasteiger partial charge is 0.397 e. The smallest absolute Gasteiger partial charge is 0.267 e. The summed E-state index contributed by atoms with van der Waals surface area (Å²) in [5.74, 6) is -1.50. The highest BCUT2D eigenvalue weighted by Crippen LogP contribution is 2.29. The van der Waals surface area contributed by atoms with Crippen molar-refractivity contribution in [2.45, 2.75) is 11.3 Å². The fraction of sp³-hybridized carbons (Fsp3) is 0.167. The Labute approximate surface area is 83.0 Å². The number of primary sulfonamides is 1. The summed E-state index contributed by atoms with van der Waals surface area (Å²) in [5, 5.41) is 4.59. The minimum Gasteiger partial charge on any atom is -0.397 e. The highest BCUT2D eigenvalue weighted by molar-refractivity contribution is 7.89. The van der Waals surface area contributed by atoms with E-state index in [-0.39, 0.29) is 0 Å². The molecule has 0 fully saturated rings. The van der Waals surface area contributed by atoms with E-state index in [2.05, 4.69) is 10.1 Å². The van der Waals surface area contributed by atoms with Gasteiger partial charge in [0.25, 0.3) is 6.43 Å². The van der Waals surface area contributed by atoms with E-state index >= 15 is 0 Å². The number of hydrogen-bond acceptors (Lipinski definition) is 4. The Bertz CT molecular complexity index is 489. The molecule has 9 heteroatoms. The van der Waals surface area contributed by atoms with Gasteiger partial charge in [-0.25, -0.2) is 27.3 Å². The van der Waals surface area contributed by atoms with Crippen LogP contribution in [0.3, 0.4) is 0 Å². The fourth-order valence-electron chi connectivity index (χ4n) is 0.941. The Morgan fingerprint density at radius 3 is 2.33 bits per heavy atom. The summed E-state index contributed by atoms with van der Waals surface area (Å²) >= 11 is 0. The lowest BCUT2D eigenvalue weighted by atomic mass is 10.2. The molecule has 0 aliphatic heterocycles. The van der Waals surface area contributed by atoms with Gasteiger partial charge in [-0.15, -0.1) is 0 Å². The zero-order valence-corrected chi connectivity index (χ0v) is 7.93. The van der Waals surface area contributed by atoms with Crippen LogP contribution in [-0.2, 0) is 10.0 Å². The molecule has 0 aromatic carbocycles. The molecule has 0 spiro atoms. The summed E-state index contributed by atoms with van der Waals surface area (Å²) in [7, 11) is -4.52. The van der Waals surface area contributed by atoms with Crippen LogP contribution in [0.15, 0.2) is 11.1 Å². The summed E-state index contributed by atoms with van der Waals surface area (Å²) in [6.07, 6.45) is -2.59. The molecular weight excluding hydrogens is 235 g/mol. The normalized spacial score (nSPS) is 12.1. The second kappa shape index (κ2) is 3.66. The molecule has 15 heavy (non-hydrogen) atoms. The molecule has 4 N–H and O–H groups in total. The lowest BCUT2D eigenvalue weighted by Crippen LogP contribution is -2.18. The topological polar surface area (TPSA) is 99.1 Å². The molecule has 0 bridgehead atoms. The number of rotatable bonds is 2. The summed E-state index contributed by atoms with van der Waals surface area (Å²) in [4.78, 5) is 1.63. The van der Waals surface area contributed by atoms with Gasteiger partial charge >= 0.3 is 0 Å². The standard InChI is InChI=1S/C6H6F3N3O2S/c7-5(8)2-1-12-6(9)4(3(2)10)15(11,13)14/h1,5H,(H2,10,12)(H2,11,13,14). The van der Waals surface area contributed by atoms with Crippen LogP contribution in [0.4, 0.5) is 18.9 Å². The Morgan fingerprint density at radius 2 is 1.93 bits per heavy atom. The molecule has 0 aliphatic rings. The first-order chi connectivity index (χ1) is 6.75. The third kappa shape index (κ3) is 2.18. The van der Waals surface area contributed by atoms with Crippen molar-refractivity contribution in [2.24, 2.45) is 5.14 Å². The summed E-state index contributed by atoms with van der Waals surface area (Å²) in [6, 6.07) is 0. The minimum absolute atomic E-state index is 0.462. The molecule has 1 aromatic heterocycles. The Balaban J connectivity index is 3.59. The van der Waals surface area contributed by atoms with Crippen molar-refractivity contribution in [1.29, 1.82) is 0 Å². The van der Waals surface area contributed by atoms with E-state index in [1.54, 1.807) is 0 Å². The van der Waals surface area contributed by atoms with E-state index in [4.69, 9.17) is 5.73 Å². The van der Waals surface area contributed by atoms with Crippen LogP contribution in [0.2, 0.25) is 0 Å². The first-order valence-corrected chi connectivity index (χ1v) is 5.04. The molecular formula is C6H6F3N3O2S. The molecule has 0 unspecified atom stereocenters. The van der Waals surface area contributed by atoms with Gasteiger partial charge in [0.15, 0.2) is 4.90 Å². The first kappa shape index (κ1) is 11.7. The number of sulfonamides is 1. The zero-order valence-electron chi connectivity index (χ0n) is 7.12. The molecule has 1 aromatic rings. The molecule has 5 nitrogen and oxygen atoms in total. The van der Waals surface area contributed by atoms with E-state index in [1.165, 1.54) is 0 Å². The molecule has 1 rings (SSSR count). The summed E-state index contributed by atoms with van der Waals surface area (Å²) in [5.41, 5.74) is 3.26. The molecule has 0 aliphatic carbocycles. The highest BCUT2D eigenvalue weighted by atomic mass is 32.2. The van der Waals surface area contributed by atoms with Crippen molar-refractivity contribution >= 4 is 15.7 Å². The number of nitrogens with zero attached hydrogens (tertiary/aromatic N) is 1. The predicted molar refractivity (Wildman–Crippen MR) is 44.9 cm³/mol. The average molecular weight is 241 g/mol. The van der Waals surface area contributed by atoms with Crippen LogP contribution in [0, 0.1) is 5.95 Å². The van der Waals surface area contributed by atoms with Crippen LogP contribution >= 0.6 is 0 Å². The van der Waals surface area contributed by atoms with Crippen molar-refractivity contribution in [1.82, 2.24) is 4.98 Å². The number of alkyl halides is 2. The van der Waals surface area contributed by atoms with Gasteiger partial charge in [-0.2, -0.15) is 4.39 Å². The van der Waals surface area contributed by atoms with E-state index < -0.39 is 38.5 Å². The van der Waals surface area contributed by atoms with Gasteiger partial charge < -0.3 is 5.73 Å². The van der Waals surface area contributed by atoms with Gasteiger partial charge in [0.1, 0.15) is 0 Å². The van der Waals surface area contributed by atoms with Gasteiger partial charge in [0.05, 0.1) is 11.3 Å². The lowest BCUT2D eigenvalue weighted by Gasteiger charge is -2.08. The predicted octanol–water partition coefficient (Wildman–Crippen LogP) is 0.388.